The van der Waals surface area contributed by atoms with E-state index in [1.165, 1.54) is 26.2 Å². The normalized spacial score (nSPS) is 18.8. The van der Waals surface area contributed by atoms with Gasteiger partial charge < -0.3 is 15.5 Å². The summed E-state index contributed by atoms with van der Waals surface area (Å²) in [6.45, 7) is 6.37. The molecule has 0 aliphatic carbocycles. The van der Waals surface area contributed by atoms with Crippen molar-refractivity contribution in [1.29, 1.82) is 0 Å². The maximum absolute atomic E-state index is 5.64. The standard InChI is InChI=1S/C12H23N5/c1-15-5-7-17(8-6-15)4-3-11-9-12(10-13)16(2)14-11/h9H,3-8,10,13H2,1-2H3. The van der Waals surface area contributed by atoms with E-state index in [2.05, 4.69) is 28.0 Å². The minimum atomic E-state index is 0.567. The molecule has 0 amide bonds. The second kappa shape index (κ2) is 5.62. The third kappa shape index (κ3) is 3.28. The van der Waals surface area contributed by atoms with Crippen molar-refractivity contribution < 1.29 is 0 Å². The Hall–Kier alpha value is -0.910. The number of hydrogen-bond acceptors (Lipinski definition) is 4. The molecule has 0 radical (unpaired) electrons. The Labute approximate surface area is 103 Å². The molecule has 0 unspecified atom stereocenters. The van der Waals surface area contributed by atoms with Gasteiger partial charge >= 0.3 is 0 Å². The molecule has 1 fully saturated rings. The lowest BCUT2D eigenvalue weighted by Gasteiger charge is -2.32. The molecule has 0 aromatic carbocycles. The Kier molecular flexibility index (Phi) is 4.15. The van der Waals surface area contributed by atoms with Crippen molar-refractivity contribution in [2.24, 2.45) is 12.8 Å². The van der Waals surface area contributed by atoms with E-state index in [9.17, 15) is 0 Å². The van der Waals surface area contributed by atoms with Crippen LogP contribution in [-0.4, -0.2) is 59.4 Å². The molecule has 0 atom stereocenters. The monoisotopic (exact) mass is 237 g/mol. The molecule has 5 nitrogen and oxygen atoms in total. The van der Waals surface area contributed by atoms with Crippen molar-refractivity contribution in [2.75, 3.05) is 39.8 Å². The Bertz CT molecular complexity index is 352. The highest BCUT2D eigenvalue weighted by Crippen LogP contribution is 2.05. The van der Waals surface area contributed by atoms with E-state index < -0.39 is 0 Å². The molecule has 2 heterocycles. The Balaban J connectivity index is 1.81. The first-order chi connectivity index (χ1) is 8.19. The van der Waals surface area contributed by atoms with Crippen LogP contribution >= 0.6 is 0 Å². The van der Waals surface area contributed by atoms with Crippen molar-refractivity contribution >= 4 is 0 Å². The van der Waals surface area contributed by atoms with E-state index in [4.69, 9.17) is 5.73 Å². The van der Waals surface area contributed by atoms with Gasteiger partial charge in [0.25, 0.3) is 0 Å². The summed E-state index contributed by atoms with van der Waals surface area (Å²) in [7, 11) is 4.14. The first kappa shape index (κ1) is 12.5. The summed E-state index contributed by atoms with van der Waals surface area (Å²) in [6.07, 6.45) is 1.03. The Morgan fingerprint density at radius 1 is 1.24 bits per heavy atom. The molecule has 2 rings (SSSR count). The van der Waals surface area contributed by atoms with Crippen molar-refractivity contribution in [3.8, 4) is 0 Å². The highest BCUT2D eigenvalue weighted by atomic mass is 15.3. The van der Waals surface area contributed by atoms with Crippen LogP contribution < -0.4 is 5.73 Å². The quantitative estimate of drug-likeness (QED) is 0.779. The van der Waals surface area contributed by atoms with Gasteiger partial charge in [-0.25, -0.2) is 0 Å². The van der Waals surface area contributed by atoms with Crippen molar-refractivity contribution in [2.45, 2.75) is 13.0 Å². The summed E-state index contributed by atoms with van der Waals surface area (Å²) in [5, 5.41) is 4.48. The van der Waals surface area contributed by atoms with E-state index in [1.54, 1.807) is 0 Å². The molecule has 1 aliphatic heterocycles. The first-order valence-electron chi connectivity index (χ1n) is 6.32. The molecule has 5 heteroatoms. The number of aromatic nitrogens is 2. The maximum Gasteiger partial charge on any atom is 0.0640 e. The number of piperazine rings is 1. The van der Waals surface area contributed by atoms with Crippen LogP contribution in [-0.2, 0) is 20.0 Å². The summed E-state index contributed by atoms with van der Waals surface area (Å²) < 4.78 is 1.89. The fourth-order valence-electron chi connectivity index (χ4n) is 2.23. The zero-order valence-electron chi connectivity index (χ0n) is 10.9. The van der Waals surface area contributed by atoms with E-state index in [1.807, 2.05) is 11.7 Å². The predicted molar refractivity (Wildman–Crippen MR) is 68.7 cm³/mol. The van der Waals surface area contributed by atoms with Gasteiger partial charge in [0.05, 0.1) is 11.4 Å². The number of hydrogen-bond donors (Lipinski definition) is 1. The minimum Gasteiger partial charge on any atom is -0.325 e. The van der Waals surface area contributed by atoms with Gasteiger partial charge in [0.15, 0.2) is 0 Å². The van der Waals surface area contributed by atoms with Crippen molar-refractivity contribution in [1.82, 2.24) is 19.6 Å². The molecule has 17 heavy (non-hydrogen) atoms. The number of nitrogens with two attached hydrogens (primary N) is 1. The third-order valence-electron chi connectivity index (χ3n) is 3.52. The van der Waals surface area contributed by atoms with Crippen LogP contribution in [0.5, 0.6) is 0 Å². The zero-order chi connectivity index (χ0) is 12.3. The minimum absolute atomic E-state index is 0.567. The lowest BCUT2D eigenvalue weighted by Crippen LogP contribution is -2.45. The van der Waals surface area contributed by atoms with Gasteiger partial charge in [-0.05, 0) is 13.1 Å². The highest BCUT2D eigenvalue weighted by Gasteiger charge is 2.14. The second-order valence-corrected chi connectivity index (χ2v) is 4.85. The molecule has 1 saturated heterocycles. The average molecular weight is 237 g/mol. The number of rotatable bonds is 4. The molecule has 1 aromatic rings. The number of aryl methyl sites for hydroxylation is 1. The summed E-state index contributed by atoms with van der Waals surface area (Å²) in [4.78, 5) is 4.89. The van der Waals surface area contributed by atoms with Crippen LogP contribution in [0.3, 0.4) is 0 Å². The van der Waals surface area contributed by atoms with Gasteiger partial charge in [-0.2, -0.15) is 5.10 Å². The molecule has 0 bridgehead atoms. The van der Waals surface area contributed by atoms with E-state index in [0.29, 0.717) is 6.54 Å². The average Bonchev–Trinajstić information content (AvgIpc) is 2.69. The van der Waals surface area contributed by atoms with Crippen LogP contribution in [0.1, 0.15) is 11.4 Å². The van der Waals surface area contributed by atoms with Gasteiger partial charge in [0, 0.05) is 52.7 Å². The summed E-state index contributed by atoms with van der Waals surface area (Å²) in [5.41, 5.74) is 7.91. The third-order valence-corrected chi connectivity index (χ3v) is 3.52. The van der Waals surface area contributed by atoms with Gasteiger partial charge in [0.1, 0.15) is 0 Å². The van der Waals surface area contributed by atoms with Crippen LogP contribution in [0.2, 0.25) is 0 Å². The topological polar surface area (TPSA) is 50.3 Å². The molecule has 1 aliphatic rings. The molecule has 96 valence electrons. The van der Waals surface area contributed by atoms with Gasteiger partial charge in [-0.3, -0.25) is 4.68 Å². The molecule has 2 N–H and O–H groups in total. The van der Waals surface area contributed by atoms with E-state index in [0.717, 1.165) is 24.4 Å². The molecule has 0 saturated carbocycles. The van der Waals surface area contributed by atoms with E-state index in [-0.39, 0.29) is 0 Å². The van der Waals surface area contributed by atoms with Gasteiger partial charge in [0.2, 0.25) is 0 Å². The maximum atomic E-state index is 5.64. The SMILES string of the molecule is CN1CCN(CCc2cc(CN)n(C)n2)CC1. The fourth-order valence-corrected chi connectivity index (χ4v) is 2.23. The first-order valence-corrected chi connectivity index (χ1v) is 6.32. The van der Waals surface area contributed by atoms with Gasteiger partial charge in [-0.1, -0.05) is 0 Å². The molecular weight excluding hydrogens is 214 g/mol. The summed E-state index contributed by atoms with van der Waals surface area (Å²) >= 11 is 0. The highest BCUT2D eigenvalue weighted by molar-refractivity contribution is 5.10. The van der Waals surface area contributed by atoms with Crippen LogP contribution in [0.15, 0.2) is 6.07 Å². The smallest absolute Gasteiger partial charge is 0.0640 e. The molecular formula is C12H23N5. The zero-order valence-corrected chi connectivity index (χ0v) is 10.9. The summed E-state index contributed by atoms with van der Waals surface area (Å²) in [6, 6.07) is 2.12. The Morgan fingerprint density at radius 2 is 1.94 bits per heavy atom. The van der Waals surface area contributed by atoms with Crippen LogP contribution in [0.4, 0.5) is 0 Å². The second-order valence-electron chi connectivity index (χ2n) is 4.85. The number of likely N-dealkylation sites (N-methyl/N-ethyl adjacent to an activating group) is 1. The van der Waals surface area contributed by atoms with Crippen LogP contribution in [0, 0.1) is 0 Å². The van der Waals surface area contributed by atoms with E-state index >= 15 is 0 Å². The van der Waals surface area contributed by atoms with Crippen molar-refractivity contribution in [3.63, 3.8) is 0 Å². The molecule has 1 aromatic heterocycles. The predicted octanol–water partition coefficient (Wildman–Crippen LogP) is -0.331. The van der Waals surface area contributed by atoms with Crippen LogP contribution in [0.25, 0.3) is 0 Å². The van der Waals surface area contributed by atoms with Crippen molar-refractivity contribution in [3.05, 3.63) is 17.5 Å². The molecule has 0 spiro atoms. The Morgan fingerprint density at radius 3 is 2.53 bits per heavy atom. The van der Waals surface area contributed by atoms with Gasteiger partial charge in [-0.15, -0.1) is 0 Å². The number of nitrogens with zero attached hydrogens (tertiary/aromatic N) is 4. The lowest BCUT2D eigenvalue weighted by atomic mass is 10.2. The lowest BCUT2D eigenvalue weighted by molar-refractivity contribution is 0.155. The largest absolute Gasteiger partial charge is 0.325 e. The summed E-state index contributed by atoms with van der Waals surface area (Å²) in [5.74, 6) is 0. The fraction of sp³-hybridized carbons (Fsp3) is 0.750.